The van der Waals surface area contributed by atoms with Gasteiger partial charge in [-0.3, -0.25) is 4.79 Å². The molecule has 1 aliphatic rings. The highest BCUT2D eigenvalue weighted by molar-refractivity contribution is 6.42. The second-order valence-corrected chi connectivity index (χ2v) is 7.06. The summed E-state index contributed by atoms with van der Waals surface area (Å²) in [5, 5.41) is 9.38. The van der Waals surface area contributed by atoms with Gasteiger partial charge in [-0.15, -0.1) is 0 Å². The highest BCUT2D eigenvalue weighted by Crippen LogP contribution is 2.29. The lowest BCUT2D eigenvalue weighted by atomic mass is 10.0. The normalized spacial score (nSPS) is 16.8. The number of carbonyl (C=O) groups is 1. The second-order valence-electron chi connectivity index (χ2n) is 6.25. The van der Waals surface area contributed by atoms with Gasteiger partial charge in [0.1, 0.15) is 0 Å². The Labute approximate surface area is 161 Å². The van der Waals surface area contributed by atoms with E-state index in [0.29, 0.717) is 28.7 Å². The lowest BCUT2D eigenvalue weighted by Crippen LogP contribution is -2.29. The van der Waals surface area contributed by atoms with Crippen LogP contribution in [-0.2, 0) is 0 Å². The Morgan fingerprint density at radius 2 is 1.65 bits per heavy atom. The number of aromatic nitrogens is 3. The van der Waals surface area contributed by atoms with Crippen molar-refractivity contribution in [3.05, 3.63) is 70.5 Å². The second kappa shape index (κ2) is 7.09. The minimum Gasteiger partial charge on any atom is -0.336 e. The van der Waals surface area contributed by atoms with Gasteiger partial charge in [0.05, 0.1) is 28.5 Å². The van der Waals surface area contributed by atoms with Crippen molar-refractivity contribution in [2.24, 2.45) is 0 Å². The molecule has 0 N–H and O–H groups in total. The van der Waals surface area contributed by atoms with Crippen LogP contribution >= 0.6 is 23.2 Å². The summed E-state index contributed by atoms with van der Waals surface area (Å²) >= 11 is 12.0. The fourth-order valence-corrected chi connectivity index (χ4v) is 3.49. The van der Waals surface area contributed by atoms with Crippen molar-refractivity contribution >= 4 is 29.1 Å². The summed E-state index contributed by atoms with van der Waals surface area (Å²) in [4.78, 5) is 16.3. The van der Waals surface area contributed by atoms with Crippen molar-refractivity contribution in [3.63, 3.8) is 0 Å². The molecule has 0 bridgehead atoms. The topological polar surface area (TPSA) is 51.0 Å². The molecule has 1 atom stereocenters. The van der Waals surface area contributed by atoms with Crippen molar-refractivity contribution in [2.45, 2.75) is 12.5 Å². The summed E-state index contributed by atoms with van der Waals surface area (Å²) in [6, 6.07) is 13.2. The van der Waals surface area contributed by atoms with Crippen LogP contribution < -0.4 is 0 Å². The highest BCUT2D eigenvalue weighted by Gasteiger charge is 2.28. The monoisotopic (exact) mass is 386 g/mol. The van der Waals surface area contributed by atoms with Crippen molar-refractivity contribution in [3.8, 4) is 11.1 Å². The zero-order valence-corrected chi connectivity index (χ0v) is 15.4. The van der Waals surface area contributed by atoms with Crippen molar-refractivity contribution in [1.29, 1.82) is 0 Å². The first kappa shape index (κ1) is 17.1. The molecule has 1 amide bonds. The number of halogens is 2. The lowest BCUT2D eigenvalue weighted by molar-refractivity contribution is 0.0786. The Morgan fingerprint density at radius 3 is 2.35 bits per heavy atom. The molecule has 132 valence electrons. The largest absolute Gasteiger partial charge is 0.336 e. The standard InChI is InChI=1S/C19H16Cl2N4O/c20-17-6-5-15(11-18(17)21)13-1-3-14(4-2-13)19(26)24-10-7-16(12-24)25-22-8-9-23-25/h1-6,8-9,11,16H,7,10,12H2/t16-/m1/s1. The number of hydrogen-bond donors (Lipinski definition) is 0. The molecule has 2 aromatic carbocycles. The third kappa shape index (κ3) is 3.32. The van der Waals surface area contributed by atoms with E-state index in [9.17, 15) is 4.79 Å². The third-order valence-corrected chi connectivity index (χ3v) is 5.34. The molecule has 3 aromatic rings. The fourth-order valence-electron chi connectivity index (χ4n) is 3.19. The van der Waals surface area contributed by atoms with Crippen LogP contribution in [0.2, 0.25) is 10.0 Å². The molecule has 1 saturated heterocycles. The maximum atomic E-state index is 12.7. The Hall–Kier alpha value is -2.37. The van der Waals surface area contributed by atoms with Gasteiger partial charge >= 0.3 is 0 Å². The molecule has 5 nitrogen and oxygen atoms in total. The van der Waals surface area contributed by atoms with E-state index in [0.717, 1.165) is 17.5 Å². The van der Waals surface area contributed by atoms with E-state index in [1.165, 1.54) is 0 Å². The molecule has 1 aromatic heterocycles. The fraction of sp³-hybridized carbons (Fsp3) is 0.211. The number of carbonyl (C=O) groups excluding carboxylic acids is 1. The minimum atomic E-state index is 0.0281. The molecule has 0 radical (unpaired) electrons. The number of nitrogens with zero attached hydrogens (tertiary/aromatic N) is 4. The Morgan fingerprint density at radius 1 is 0.962 bits per heavy atom. The van der Waals surface area contributed by atoms with Crippen LogP contribution in [-0.4, -0.2) is 38.9 Å². The predicted molar refractivity (Wildman–Crippen MR) is 101 cm³/mol. The summed E-state index contributed by atoms with van der Waals surface area (Å²) in [6.07, 6.45) is 4.18. The zero-order valence-electron chi connectivity index (χ0n) is 13.8. The van der Waals surface area contributed by atoms with Gasteiger partial charge in [-0.05, 0) is 41.8 Å². The molecule has 1 fully saturated rings. The van der Waals surface area contributed by atoms with Gasteiger partial charge in [-0.25, -0.2) is 0 Å². The lowest BCUT2D eigenvalue weighted by Gasteiger charge is -2.16. The molecule has 0 saturated carbocycles. The molecule has 1 aliphatic heterocycles. The van der Waals surface area contributed by atoms with Crippen LogP contribution in [0.15, 0.2) is 54.9 Å². The Kier molecular flexibility index (Phi) is 4.66. The van der Waals surface area contributed by atoms with Crippen LogP contribution in [0.4, 0.5) is 0 Å². The van der Waals surface area contributed by atoms with Gasteiger partial charge in [0.2, 0.25) is 0 Å². The average molecular weight is 387 g/mol. The third-order valence-electron chi connectivity index (χ3n) is 4.60. The van der Waals surface area contributed by atoms with Gasteiger partial charge in [0.25, 0.3) is 5.91 Å². The van der Waals surface area contributed by atoms with Crippen LogP contribution in [0.25, 0.3) is 11.1 Å². The van der Waals surface area contributed by atoms with Crippen molar-refractivity contribution in [1.82, 2.24) is 19.9 Å². The van der Waals surface area contributed by atoms with Crippen molar-refractivity contribution < 1.29 is 4.79 Å². The quantitative estimate of drug-likeness (QED) is 0.672. The van der Waals surface area contributed by atoms with Gasteiger partial charge in [-0.2, -0.15) is 15.0 Å². The summed E-state index contributed by atoms with van der Waals surface area (Å²) in [7, 11) is 0. The first-order chi connectivity index (χ1) is 12.6. The van der Waals surface area contributed by atoms with E-state index in [1.54, 1.807) is 23.3 Å². The first-order valence-electron chi connectivity index (χ1n) is 8.32. The van der Waals surface area contributed by atoms with E-state index < -0.39 is 0 Å². The van der Waals surface area contributed by atoms with E-state index >= 15 is 0 Å². The molecular formula is C19H16Cl2N4O. The van der Waals surface area contributed by atoms with Crippen LogP contribution in [0.5, 0.6) is 0 Å². The summed E-state index contributed by atoms with van der Waals surface area (Å²) in [5.41, 5.74) is 2.62. The van der Waals surface area contributed by atoms with Gasteiger partial charge in [0, 0.05) is 18.7 Å². The number of hydrogen-bond acceptors (Lipinski definition) is 3. The predicted octanol–water partition coefficient (Wildman–Crippen LogP) is 4.34. The average Bonchev–Trinajstić information content (AvgIpc) is 3.35. The molecule has 26 heavy (non-hydrogen) atoms. The number of benzene rings is 2. The SMILES string of the molecule is O=C(c1ccc(-c2ccc(Cl)c(Cl)c2)cc1)N1CC[C@@H](n2nccn2)C1. The number of likely N-dealkylation sites (tertiary alicyclic amines) is 1. The van der Waals surface area contributed by atoms with Crippen LogP contribution in [0, 0.1) is 0 Å². The first-order valence-corrected chi connectivity index (χ1v) is 9.08. The van der Waals surface area contributed by atoms with E-state index in [1.807, 2.05) is 41.3 Å². The summed E-state index contributed by atoms with van der Waals surface area (Å²) in [5.74, 6) is 0.0281. The van der Waals surface area contributed by atoms with Crippen molar-refractivity contribution in [2.75, 3.05) is 13.1 Å². The van der Waals surface area contributed by atoms with E-state index in [4.69, 9.17) is 23.2 Å². The maximum absolute atomic E-state index is 12.7. The molecule has 2 heterocycles. The molecule has 4 rings (SSSR count). The molecular weight excluding hydrogens is 371 g/mol. The molecule has 0 aliphatic carbocycles. The number of amides is 1. The minimum absolute atomic E-state index is 0.0281. The van der Waals surface area contributed by atoms with Crippen LogP contribution in [0.1, 0.15) is 22.8 Å². The smallest absolute Gasteiger partial charge is 0.253 e. The molecule has 7 heteroatoms. The molecule has 0 unspecified atom stereocenters. The van der Waals surface area contributed by atoms with Gasteiger partial charge < -0.3 is 4.90 Å². The number of rotatable bonds is 3. The maximum Gasteiger partial charge on any atom is 0.253 e. The van der Waals surface area contributed by atoms with Gasteiger partial charge in [0.15, 0.2) is 0 Å². The van der Waals surface area contributed by atoms with E-state index in [2.05, 4.69) is 10.2 Å². The zero-order chi connectivity index (χ0) is 18.1. The van der Waals surface area contributed by atoms with E-state index in [-0.39, 0.29) is 11.9 Å². The Balaban J connectivity index is 1.48. The Bertz CT molecular complexity index is 925. The molecule has 0 spiro atoms. The summed E-state index contributed by atoms with van der Waals surface area (Å²) < 4.78 is 0. The highest BCUT2D eigenvalue weighted by atomic mass is 35.5. The summed E-state index contributed by atoms with van der Waals surface area (Å²) in [6.45, 7) is 1.33. The van der Waals surface area contributed by atoms with Crippen LogP contribution in [0.3, 0.4) is 0 Å². The van der Waals surface area contributed by atoms with Gasteiger partial charge in [-0.1, -0.05) is 41.4 Å².